The molecular formula is C10H22O3S2. The first-order valence-electron chi connectivity index (χ1n) is 5.24. The summed E-state index contributed by atoms with van der Waals surface area (Å²) in [7, 11) is -3.77. The zero-order chi connectivity index (χ0) is 11.7. The van der Waals surface area contributed by atoms with E-state index in [2.05, 4.69) is 18.8 Å². The second kappa shape index (κ2) is 4.63. The van der Waals surface area contributed by atoms with Crippen LogP contribution in [0.25, 0.3) is 0 Å². The second-order valence-electron chi connectivity index (χ2n) is 5.13. The van der Waals surface area contributed by atoms with Crippen LogP contribution in [-0.2, 0) is 14.3 Å². The first kappa shape index (κ1) is 13.3. The lowest BCUT2D eigenvalue weighted by atomic mass is 9.97. The average molecular weight is 254 g/mol. The molecule has 1 saturated carbocycles. The molecule has 92 valence electrons. The van der Waals surface area contributed by atoms with E-state index in [9.17, 15) is 8.42 Å². The predicted molar refractivity (Wildman–Crippen MR) is 67.3 cm³/mol. The van der Waals surface area contributed by atoms with Crippen molar-refractivity contribution in [2.75, 3.05) is 25.0 Å². The zero-order valence-corrected chi connectivity index (χ0v) is 11.7. The van der Waals surface area contributed by atoms with Crippen molar-refractivity contribution in [1.29, 1.82) is 0 Å². The first-order chi connectivity index (χ1) is 6.68. The van der Waals surface area contributed by atoms with Gasteiger partial charge in [0.25, 0.3) is 10.1 Å². The number of hydrogen-bond donors (Lipinski definition) is 0. The standard InChI is InChI=1S/C10H22O3S2/c1-14(2,3)10-7-5-9(6-8-10)13-15(4,11)12/h9-10H,5-8H2,1-4H3/t9-,10+. The third kappa shape index (κ3) is 4.74. The van der Waals surface area contributed by atoms with Gasteiger partial charge in [0, 0.05) is 0 Å². The van der Waals surface area contributed by atoms with E-state index in [0.717, 1.165) is 37.2 Å². The van der Waals surface area contributed by atoms with Gasteiger partial charge in [-0.25, -0.2) is 10.0 Å². The molecule has 3 nitrogen and oxygen atoms in total. The van der Waals surface area contributed by atoms with Crippen molar-refractivity contribution in [1.82, 2.24) is 0 Å². The maximum absolute atomic E-state index is 11.0. The van der Waals surface area contributed by atoms with Crippen molar-refractivity contribution >= 4 is 20.1 Å². The Balaban J connectivity index is 2.43. The van der Waals surface area contributed by atoms with E-state index in [1.54, 1.807) is 0 Å². The van der Waals surface area contributed by atoms with Crippen LogP contribution in [0.5, 0.6) is 0 Å². The molecule has 0 aromatic rings. The van der Waals surface area contributed by atoms with Crippen LogP contribution in [-0.4, -0.2) is 44.8 Å². The summed E-state index contributed by atoms with van der Waals surface area (Å²) in [4.78, 5) is 0. The van der Waals surface area contributed by atoms with Crippen LogP contribution < -0.4 is 0 Å². The minimum absolute atomic E-state index is 0.0713. The molecule has 1 aliphatic rings. The van der Waals surface area contributed by atoms with Gasteiger partial charge >= 0.3 is 0 Å². The van der Waals surface area contributed by atoms with Crippen molar-refractivity contribution in [2.45, 2.75) is 37.0 Å². The first-order valence-corrected chi connectivity index (χ1v) is 9.97. The van der Waals surface area contributed by atoms with Gasteiger partial charge in [-0.1, -0.05) is 0 Å². The van der Waals surface area contributed by atoms with Crippen molar-refractivity contribution in [3.63, 3.8) is 0 Å². The van der Waals surface area contributed by atoms with E-state index in [-0.39, 0.29) is 6.10 Å². The highest BCUT2D eigenvalue weighted by Crippen LogP contribution is 2.47. The van der Waals surface area contributed by atoms with E-state index in [4.69, 9.17) is 4.18 Å². The van der Waals surface area contributed by atoms with Gasteiger partial charge in [-0.2, -0.15) is 8.42 Å². The quantitative estimate of drug-likeness (QED) is 0.723. The van der Waals surface area contributed by atoms with Gasteiger partial charge in [-0.15, -0.1) is 0 Å². The van der Waals surface area contributed by atoms with E-state index in [1.807, 2.05) is 0 Å². The smallest absolute Gasteiger partial charge is 0.264 e. The minimum Gasteiger partial charge on any atom is -0.267 e. The molecule has 0 unspecified atom stereocenters. The molecular weight excluding hydrogens is 232 g/mol. The van der Waals surface area contributed by atoms with Gasteiger partial charge in [-0.05, 0) is 49.7 Å². The molecule has 15 heavy (non-hydrogen) atoms. The fourth-order valence-corrected chi connectivity index (χ4v) is 4.46. The summed E-state index contributed by atoms with van der Waals surface area (Å²) >= 11 is 0. The van der Waals surface area contributed by atoms with Crippen molar-refractivity contribution in [2.24, 2.45) is 0 Å². The van der Waals surface area contributed by atoms with Crippen LogP contribution >= 0.6 is 10.0 Å². The number of rotatable bonds is 3. The van der Waals surface area contributed by atoms with E-state index < -0.39 is 20.1 Å². The average Bonchev–Trinajstić information content (AvgIpc) is 2.00. The third-order valence-corrected chi connectivity index (χ3v) is 6.03. The van der Waals surface area contributed by atoms with Crippen LogP contribution in [0, 0.1) is 0 Å². The SMILES string of the molecule is CS(=O)(=O)O[C@H]1CC[C@@H](S(C)(C)C)CC1. The molecule has 0 aromatic carbocycles. The van der Waals surface area contributed by atoms with Crippen LogP contribution in [0.3, 0.4) is 0 Å². The molecule has 0 aliphatic heterocycles. The Morgan fingerprint density at radius 2 is 1.40 bits per heavy atom. The molecule has 0 saturated heterocycles. The Labute approximate surface area is 95.0 Å². The minimum atomic E-state index is -3.27. The molecule has 0 heterocycles. The Kier molecular flexibility index (Phi) is 4.12. The maximum Gasteiger partial charge on any atom is 0.264 e. The van der Waals surface area contributed by atoms with Crippen LogP contribution in [0.1, 0.15) is 25.7 Å². The summed E-state index contributed by atoms with van der Waals surface area (Å²) in [5, 5.41) is 0.775. The molecule has 0 bridgehead atoms. The summed E-state index contributed by atoms with van der Waals surface area (Å²) in [6.07, 6.45) is 12.1. The zero-order valence-electron chi connectivity index (χ0n) is 10.0. The van der Waals surface area contributed by atoms with Gasteiger partial charge in [0.05, 0.1) is 12.4 Å². The van der Waals surface area contributed by atoms with Crippen molar-refractivity contribution < 1.29 is 12.6 Å². The van der Waals surface area contributed by atoms with Gasteiger partial charge in [0.15, 0.2) is 0 Å². The highest BCUT2D eigenvalue weighted by molar-refractivity contribution is 8.32. The fraction of sp³-hybridized carbons (Fsp3) is 1.00. The van der Waals surface area contributed by atoms with Crippen molar-refractivity contribution in [3.8, 4) is 0 Å². The van der Waals surface area contributed by atoms with Crippen LogP contribution in [0.4, 0.5) is 0 Å². The summed E-state index contributed by atoms with van der Waals surface area (Å²) in [6, 6.07) is 0. The largest absolute Gasteiger partial charge is 0.267 e. The van der Waals surface area contributed by atoms with E-state index in [0.29, 0.717) is 0 Å². The lowest BCUT2D eigenvalue weighted by molar-refractivity contribution is 0.165. The molecule has 1 aliphatic carbocycles. The lowest BCUT2D eigenvalue weighted by Crippen LogP contribution is -2.28. The van der Waals surface area contributed by atoms with Crippen LogP contribution in [0.2, 0.25) is 0 Å². The fourth-order valence-electron chi connectivity index (χ4n) is 2.08. The van der Waals surface area contributed by atoms with Gasteiger partial charge < -0.3 is 0 Å². The predicted octanol–water partition coefficient (Wildman–Crippen LogP) is 1.97. The lowest BCUT2D eigenvalue weighted by Gasteiger charge is -2.40. The summed E-state index contributed by atoms with van der Waals surface area (Å²) in [5.41, 5.74) is 0. The highest BCUT2D eigenvalue weighted by Gasteiger charge is 2.28. The topological polar surface area (TPSA) is 43.4 Å². The molecule has 0 atom stereocenters. The number of hydrogen-bond acceptors (Lipinski definition) is 3. The van der Waals surface area contributed by atoms with Gasteiger partial charge in [0.2, 0.25) is 0 Å². The second-order valence-corrected chi connectivity index (χ2v) is 11.3. The Hall–Kier alpha value is 0.260. The Morgan fingerprint density at radius 1 is 0.933 bits per heavy atom. The Morgan fingerprint density at radius 3 is 1.73 bits per heavy atom. The molecule has 1 rings (SSSR count). The molecule has 0 N–H and O–H groups in total. The maximum atomic E-state index is 11.0. The van der Waals surface area contributed by atoms with E-state index in [1.165, 1.54) is 0 Å². The monoisotopic (exact) mass is 254 g/mol. The molecule has 5 heteroatoms. The van der Waals surface area contributed by atoms with Crippen molar-refractivity contribution in [3.05, 3.63) is 0 Å². The summed E-state index contributed by atoms with van der Waals surface area (Å²) in [6.45, 7) is 0. The molecule has 0 aromatic heterocycles. The highest BCUT2D eigenvalue weighted by atomic mass is 32.3. The molecule has 0 spiro atoms. The molecule has 0 radical (unpaired) electrons. The van der Waals surface area contributed by atoms with Gasteiger partial charge in [0.1, 0.15) is 0 Å². The molecule has 1 fully saturated rings. The van der Waals surface area contributed by atoms with Gasteiger partial charge in [-0.3, -0.25) is 4.18 Å². The molecule has 0 amide bonds. The van der Waals surface area contributed by atoms with E-state index >= 15 is 0 Å². The van der Waals surface area contributed by atoms with Crippen LogP contribution in [0.15, 0.2) is 0 Å². The summed E-state index contributed by atoms with van der Waals surface area (Å²) < 4.78 is 26.9. The normalized spacial score (nSPS) is 30.1. The third-order valence-electron chi connectivity index (χ3n) is 2.93. The summed E-state index contributed by atoms with van der Waals surface area (Å²) in [5.74, 6) is 0. The Bertz CT molecular complexity index is 295.